The third-order valence-electron chi connectivity index (χ3n) is 5.60. The number of aromatic amines is 1. The van der Waals surface area contributed by atoms with Gasteiger partial charge in [0, 0.05) is 18.8 Å². The minimum Gasteiger partial charge on any atom is -0.342 e. The Morgan fingerprint density at radius 2 is 2.00 bits per heavy atom. The van der Waals surface area contributed by atoms with Crippen LogP contribution in [0.2, 0.25) is 0 Å². The summed E-state index contributed by atoms with van der Waals surface area (Å²) >= 11 is 1.38. The number of thioether (sulfide) groups is 1. The fourth-order valence-corrected chi connectivity index (χ4v) is 4.64. The van der Waals surface area contributed by atoms with Crippen molar-refractivity contribution in [3.63, 3.8) is 0 Å². The number of benzene rings is 1. The van der Waals surface area contributed by atoms with Gasteiger partial charge in [-0.3, -0.25) is 19.9 Å². The third-order valence-corrected chi connectivity index (χ3v) is 6.52. The zero-order chi connectivity index (χ0) is 20.5. The van der Waals surface area contributed by atoms with Crippen LogP contribution in [0.1, 0.15) is 31.0 Å². The second-order valence-electron chi connectivity index (χ2n) is 7.76. The van der Waals surface area contributed by atoms with Crippen LogP contribution in [0.15, 0.2) is 29.4 Å². The average molecular weight is 411 g/mol. The van der Waals surface area contributed by atoms with Gasteiger partial charge in [-0.1, -0.05) is 36.9 Å². The number of nitrogens with one attached hydrogen (secondary N) is 2. The fourth-order valence-electron chi connectivity index (χ4n) is 3.74. The zero-order valence-corrected chi connectivity index (χ0v) is 17.8. The number of nitrogens with zero attached hydrogens (tertiary/aromatic N) is 4. The maximum atomic E-state index is 12.7. The summed E-state index contributed by atoms with van der Waals surface area (Å²) in [6.07, 6.45) is 2.13. The number of hydrogen-bond donors (Lipinski definition) is 2. The molecule has 1 fully saturated rings. The summed E-state index contributed by atoms with van der Waals surface area (Å²) in [5, 5.41) is 17.3. The van der Waals surface area contributed by atoms with Crippen LogP contribution in [0.3, 0.4) is 0 Å². The number of piperidine rings is 1. The predicted molar refractivity (Wildman–Crippen MR) is 114 cm³/mol. The summed E-state index contributed by atoms with van der Waals surface area (Å²) in [6, 6.07) is 7.93. The van der Waals surface area contributed by atoms with Crippen molar-refractivity contribution < 1.29 is 4.79 Å². The summed E-state index contributed by atoms with van der Waals surface area (Å²) in [5.74, 6) is 1.12. The maximum absolute atomic E-state index is 12.7. The Morgan fingerprint density at radius 1 is 1.28 bits per heavy atom. The van der Waals surface area contributed by atoms with Crippen LogP contribution in [0.25, 0.3) is 16.7 Å². The van der Waals surface area contributed by atoms with Gasteiger partial charge in [-0.2, -0.15) is 5.10 Å². The van der Waals surface area contributed by atoms with E-state index in [0.29, 0.717) is 33.3 Å². The molecule has 3 aromatic rings. The van der Waals surface area contributed by atoms with Gasteiger partial charge >= 0.3 is 0 Å². The van der Waals surface area contributed by atoms with Crippen LogP contribution in [0.5, 0.6) is 0 Å². The van der Waals surface area contributed by atoms with Crippen LogP contribution < -0.4 is 5.49 Å². The second-order valence-corrected chi connectivity index (χ2v) is 8.71. The van der Waals surface area contributed by atoms with E-state index < -0.39 is 0 Å². The number of hydrogen-bond acceptors (Lipinski definition) is 5. The second kappa shape index (κ2) is 8.02. The lowest BCUT2D eigenvalue weighted by molar-refractivity contribution is -0.129. The molecular formula is C21H26N6OS. The van der Waals surface area contributed by atoms with Crippen LogP contribution in [0.4, 0.5) is 0 Å². The molecule has 2 N–H and O–H groups in total. The predicted octanol–water partition coefficient (Wildman–Crippen LogP) is 3.20. The van der Waals surface area contributed by atoms with E-state index in [1.54, 1.807) is 0 Å². The smallest absolute Gasteiger partial charge is 0.233 e. The van der Waals surface area contributed by atoms with Crippen molar-refractivity contribution in [2.75, 3.05) is 18.8 Å². The fraction of sp³-hybridized carbons (Fsp3) is 0.429. The Morgan fingerprint density at radius 3 is 2.72 bits per heavy atom. The first-order chi connectivity index (χ1) is 14.0. The number of fused-ring (bicyclic) bond motifs is 1. The zero-order valence-electron chi connectivity index (χ0n) is 17.0. The topological polar surface area (TPSA) is 90.7 Å². The third kappa shape index (κ3) is 3.81. The van der Waals surface area contributed by atoms with Gasteiger partial charge in [-0.05, 0) is 44.2 Å². The van der Waals surface area contributed by atoms with Gasteiger partial charge in [0.2, 0.25) is 5.91 Å². The van der Waals surface area contributed by atoms with E-state index in [1.165, 1.54) is 11.8 Å². The van der Waals surface area contributed by atoms with Crippen molar-refractivity contribution >= 4 is 28.7 Å². The molecule has 3 heterocycles. The first kappa shape index (κ1) is 19.7. The van der Waals surface area contributed by atoms with E-state index in [1.807, 2.05) is 47.6 Å². The van der Waals surface area contributed by atoms with Gasteiger partial charge < -0.3 is 4.90 Å². The first-order valence-corrected chi connectivity index (χ1v) is 10.9. The maximum Gasteiger partial charge on any atom is 0.233 e. The van der Waals surface area contributed by atoms with Gasteiger partial charge in [0.1, 0.15) is 5.49 Å². The molecule has 152 valence electrons. The summed E-state index contributed by atoms with van der Waals surface area (Å²) in [6.45, 7) is 7.80. The van der Waals surface area contributed by atoms with E-state index in [9.17, 15) is 4.79 Å². The number of rotatable bonds is 4. The molecule has 8 heteroatoms. The molecule has 0 radical (unpaired) electrons. The molecule has 29 heavy (non-hydrogen) atoms. The number of amides is 1. The highest BCUT2D eigenvalue weighted by Crippen LogP contribution is 2.24. The molecule has 1 aliphatic rings. The first-order valence-electron chi connectivity index (χ1n) is 9.94. The highest BCUT2D eigenvalue weighted by atomic mass is 32.2. The molecule has 1 amide bonds. The molecule has 1 aromatic carbocycles. The van der Waals surface area contributed by atoms with E-state index in [2.05, 4.69) is 17.1 Å². The van der Waals surface area contributed by atoms with Crippen molar-refractivity contribution in [3.8, 4) is 5.69 Å². The lowest BCUT2D eigenvalue weighted by atomic mass is 9.99. The lowest BCUT2D eigenvalue weighted by Crippen LogP contribution is -2.39. The molecule has 0 unspecified atom stereocenters. The molecule has 1 aliphatic heterocycles. The number of aromatic nitrogens is 4. The van der Waals surface area contributed by atoms with Gasteiger partial charge in [0.25, 0.3) is 0 Å². The SMILES string of the molecule is Cc1ccccc1-n1c(SCC(=O)N2CCC(C)CC2)nc2n[nH]c(C)c2c1=N. The molecule has 7 nitrogen and oxygen atoms in total. The molecule has 0 spiro atoms. The Bertz CT molecular complexity index is 1110. The molecule has 0 saturated carbocycles. The van der Waals surface area contributed by atoms with Gasteiger partial charge in [0.15, 0.2) is 10.8 Å². The van der Waals surface area contributed by atoms with Crippen molar-refractivity contribution in [2.24, 2.45) is 5.92 Å². The normalized spacial score (nSPS) is 15.2. The average Bonchev–Trinajstić information content (AvgIpc) is 3.08. The number of carbonyl (C=O) groups excluding carboxylic acids is 1. The minimum atomic E-state index is 0.130. The number of carbonyl (C=O) groups is 1. The van der Waals surface area contributed by atoms with Crippen molar-refractivity contribution in [1.29, 1.82) is 5.41 Å². The van der Waals surface area contributed by atoms with E-state index in [4.69, 9.17) is 10.4 Å². The van der Waals surface area contributed by atoms with Crippen molar-refractivity contribution in [2.45, 2.75) is 38.8 Å². The monoisotopic (exact) mass is 410 g/mol. The summed E-state index contributed by atoms with van der Waals surface area (Å²) in [5.41, 5.74) is 3.60. The molecule has 4 rings (SSSR count). The Hall–Kier alpha value is -2.61. The minimum absolute atomic E-state index is 0.130. The molecule has 1 saturated heterocycles. The highest BCUT2D eigenvalue weighted by molar-refractivity contribution is 7.99. The van der Waals surface area contributed by atoms with Crippen molar-refractivity contribution in [3.05, 3.63) is 41.0 Å². The van der Waals surface area contributed by atoms with Crippen LogP contribution in [0, 0.1) is 25.2 Å². The Balaban J connectivity index is 1.70. The van der Waals surface area contributed by atoms with Crippen LogP contribution in [-0.4, -0.2) is 49.4 Å². The Labute approximate surface area is 174 Å². The van der Waals surface area contributed by atoms with Gasteiger partial charge in [0.05, 0.1) is 16.8 Å². The summed E-state index contributed by atoms with van der Waals surface area (Å²) in [4.78, 5) is 19.4. The van der Waals surface area contributed by atoms with E-state index >= 15 is 0 Å². The number of para-hydroxylation sites is 1. The largest absolute Gasteiger partial charge is 0.342 e. The van der Waals surface area contributed by atoms with Crippen molar-refractivity contribution in [1.82, 2.24) is 24.6 Å². The van der Waals surface area contributed by atoms with Gasteiger partial charge in [-0.25, -0.2) is 4.98 Å². The lowest BCUT2D eigenvalue weighted by Gasteiger charge is -2.30. The van der Waals surface area contributed by atoms with Crippen LogP contribution >= 0.6 is 11.8 Å². The standard InChI is InChI=1S/C21H26N6OS/c1-13-8-10-26(11-9-13)17(28)12-29-21-23-20-18(15(3)24-25-20)19(22)27(21)16-7-5-4-6-14(16)2/h4-7,13,22H,8-12H2,1-3H3,(H,24,25). The number of aryl methyl sites for hydroxylation is 2. The summed E-state index contributed by atoms with van der Waals surface area (Å²) < 4.78 is 1.83. The van der Waals surface area contributed by atoms with Gasteiger partial charge in [-0.15, -0.1) is 0 Å². The molecular weight excluding hydrogens is 384 g/mol. The molecule has 2 aromatic heterocycles. The van der Waals surface area contributed by atoms with E-state index in [0.717, 1.165) is 42.9 Å². The van der Waals surface area contributed by atoms with Crippen LogP contribution in [-0.2, 0) is 4.79 Å². The number of H-pyrrole nitrogens is 1. The highest BCUT2D eigenvalue weighted by Gasteiger charge is 2.22. The quantitative estimate of drug-likeness (QED) is 0.510. The molecule has 0 aliphatic carbocycles. The number of likely N-dealkylation sites (tertiary alicyclic amines) is 1. The van der Waals surface area contributed by atoms with E-state index in [-0.39, 0.29) is 5.91 Å². The molecule has 0 bridgehead atoms. The Kier molecular flexibility index (Phi) is 5.45. The summed E-state index contributed by atoms with van der Waals surface area (Å²) in [7, 11) is 0. The molecule has 0 atom stereocenters.